The standard InChI is InChI=1S/C15H22N4/c1-4-12-5-6-13(11(12)3)17-15-14-9-10(2)18-19(14)8-7-16-15/h7-9,11-13H,4-6H2,1-3H3,(H,16,17). The molecule has 4 nitrogen and oxygen atoms in total. The molecule has 0 aliphatic heterocycles. The van der Waals surface area contributed by atoms with Gasteiger partial charge in [-0.1, -0.05) is 20.3 Å². The lowest BCUT2D eigenvalue weighted by Crippen LogP contribution is -2.25. The van der Waals surface area contributed by atoms with Crippen molar-refractivity contribution < 1.29 is 0 Å². The van der Waals surface area contributed by atoms with Crippen molar-refractivity contribution in [1.82, 2.24) is 14.6 Å². The van der Waals surface area contributed by atoms with Crippen LogP contribution in [0, 0.1) is 18.8 Å². The maximum absolute atomic E-state index is 4.50. The summed E-state index contributed by atoms with van der Waals surface area (Å²) in [6.07, 6.45) is 7.58. The zero-order valence-corrected chi connectivity index (χ0v) is 11.9. The van der Waals surface area contributed by atoms with Gasteiger partial charge in [-0.2, -0.15) is 5.10 Å². The van der Waals surface area contributed by atoms with Gasteiger partial charge < -0.3 is 5.32 Å². The maximum atomic E-state index is 4.50. The Morgan fingerprint density at radius 3 is 3.00 bits per heavy atom. The largest absolute Gasteiger partial charge is 0.365 e. The summed E-state index contributed by atoms with van der Waals surface area (Å²) in [5, 5.41) is 8.07. The Labute approximate surface area is 114 Å². The van der Waals surface area contributed by atoms with E-state index in [1.807, 2.05) is 23.8 Å². The van der Waals surface area contributed by atoms with Crippen LogP contribution in [0.5, 0.6) is 0 Å². The minimum absolute atomic E-state index is 0.541. The Balaban J connectivity index is 1.86. The minimum Gasteiger partial charge on any atom is -0.365 e. The molecular formula is C15H22N4. The smallest absolute Gasteiger partial charge is 0.152 e. The molecule has 2 aromatic heterocycles. The first-order valence-electron chi connectivity index (χ1n) is 7.26. The highest BCUT2D eigenvalue weighted by atomic mass is 15.2. The van der Waals surface area contributed by atoms with Gasteiger partial charge in [0.25, 0.3) is 0 Å². The molecule has 1 aliphatic carbocycles. The summed E-state index contributed by atoms with van der Waals surface area (Å²) in [5.74, 6) is 2.54. The zero-order chi connectivity index (χ0) is 13.4. The van der Waals surface area contributed by atoms with E-state index >= 15 is 0 Å². The predicted molar refractivity (Wildman–Crippen MR) is 77.3 cm³/mol. The number of aromatic nitrogens is 3. The first-order chi connectivity index (χ1) is 9.19. The van der Waals surface area contributed by atoms with E-state index in [1.54, 1.807) is 0 Å². The SMILES string of the molecule is CCC1CCC(Nc2nccn3nc(C)cc23)C1C. The molecule has 0 spiro atoms. The highest BCUT2D eigenvalue weighted by Crippen LogP contribution is 2.35. The van der Waals surface area contributed by atoms with Crippen LogP contribution in [0.4, 0.5) is 5.82 Å². The van der Waals surface area contributed by atoms with Gasteiger partial charge >= 0.3 is 0 Å². The second-order valence-electron chi connectivity index (χ2n) is 5.75. The van der Waals surface area contributed by atoms with Gasteiger partial charge in [-0.25, -0.2) is 9.50 Å². The lowest BCUT2D eigenvalue weighted by atomic mass is 9.93. The number of hydrogen-bond donors (Lipinski definition) is 1. The Hall–Kier alpha value is -1.58. The van der Waals surface area contributed by atoms with Crippen molar-refractivity contribution in [2.24, 2.45) is 11.8 Å². The van der Waals surface area contributed by atoms with Crippen LogP contribution < -0.4 is 5.32 Å². The lowest BCUT2D eigenvalue weighted by Gasteiger charge is -2.21. The average molecular weight is 258 g/mol. The van der Waals surface area contributed by atoms with Crippen molar-refractivity contribution in [1.29, 1.82) is 0 Å². The van der Waals surface area contributed by atoms with E-state index < -0.39 is 0 Å². The van der Waals surface area contributed by atoms with Crippen molar-refractivity contribution in [2.45, 2.75) is 46.1 Å². The van der Waals surface area contributed by atoms with Gasteiger partial charge in [-0.3, -0.25) is 0 Å². The summed E-state index contributed by atoms with van der Waals surface area (Å²) in [6, 6.07) is 2.63. The molecule has 1 fully saturated rings. The fraction of sp³-hybridized carbons (Fsp3) is 0.600. The van der Waals surface area contributed by atoms with E-state index in [0.717, 1.165) is 28.9 Å². The van der Waals surface area contributed by atoms with Crippen molar-refractivity contribution in [3.63, 3.8) is 0 Å². The van der Waals surface area contributed by atoms with Crippen LogP contribution >= 0.6 is 0 Å². The molecule has 3 rings (SSSR count). The van der Waals surface area contributed by atoms with E-state index in [9.17, 15) is 0 Å². The molecule has 19 heavy (non-hydrogen) atoms. The fourth-order valence-corrected chi connectivity index (χ4v) is 3.36. The van der Waals surface area contributed by atoms with Crippen LogP contribution in [-0.2, 0) is 0 Å². The van der Waals surface area contributed by atoms with Crippen LogP contribution in [0.15, 0.2) is 18.5 Å². The summed E-state index contributed by atoms with van der Waals surface area (Å²) in [6.45, 7) is 6.67. The number of nitrogens with one attached hydrogen (secondary N) is 1. The third-order valence-electron chi connectivity index (χ3n) is 4.59. The minimum atomic E-state index is 0.541. The molecule has 0 amide bonds. The molecule has 3 unspecified atom stereocenters. The van der Waals surface area contributed by atoms with Crippen LogP contribution in [0.2, 0.25) is 0 Å². The Bertz CT molecular complexity index is 575. The first-order valence-corrected chi connectivity index (χ1v) is 7.26. The number of nitrogens with zero attached hydrogens (tertiary/aromatic N) is 3. The number of fused-ring (bicyclic) bond motifs is 1. The molecule has 0 bridgehead atoms. The maximum Gasteiger partial charge on any atom is 0.152 e. The fourth-order valence-electron chi connectivity index (χ4n) is 3.36. The number of anilines is 1. The molecule has 4 heteroatoms. The summed E-state index contributed by atoms with van der Waals surface area (Å²) in [4.78, 5) is 4.50. The van der Waals surface area contributed by atoms with E-state index in [1.165, 1.54) is 19.3 Å². The van der Waals surface area contributed by atoms with Gasteiger partial charge in [0.2, 0.25) is 0 Å². The molecule has 0 saturated heterocycles. The third kappa shape index (κ3) is 2.20. The topological polar surface area (TPSA) is 42.2 Å². The highest BCUT2D eigenvalue weighted by molar-refractivity contribution is 5.68. The molecule has 2 heterocycles. The molecule has 3 atom stereocenters. The first kappa shape index (κ1) is 12.5. The summed E-state index contributed by atoms with van der Waals surface area (Å²) in [5.41, 5.74) is 2.11. The highest BCUT2D eigenvalue weighted by Gasteiger charge is 2.31. The molecule has 1 aliphatic rings. The normalized spacial score (nSPS) is 27.0. The van der Waals surface area contributed by atoms with E-state index in [4.69, 9.17) is 0 Å². The number of hydrogen-bond acceptors (Lipinski definition) is 3. The Morgan fingerprint density at radius 1 is 1.42 bits per heavy atom. The van der Waals surface area contributed by atoms with Crippen LogP contribution in [0.25, 0.3) is 5.52 Å². The van der Waals surface area contributed by atoms with Crippen molar-refractivity contribution in [3.8, 4) is 0 Å². The van der Waals surface area contributed by atoms with Crippen molar-refractivity contribution in [3.05, 3.63) is 24.2 Å². The van der Waals surface area contributed by atoms with Crippen LogP contribution in [0.1, 0.15) is 38.8 Å². The van der Waals surface area contributed by atoms with E-state index in [2.05, 4.69) is 35.3 Å². The van der Waals surface area contributed by atoms with Crippen LogP contribution in [-0.4, -0.2) is 20.6 Å². The molecular weight excluding hydrogens is 236 g/mol. The lowest BCUT2D eigenvalue weighted by molar-refractivity contribution is 0.391. The molecule has 1 saturated carbocycles. The van der Waals surface area contributed by atoms with Gasteiger partial charge in [0, 0.05) is 18.4 Å². The predicted octanol–water partition coefficient (Wildman–Crippen LogP) is 3.27. The monoisotopic (exact) mass is 258 g/mol. The molecule has 1 N–H and O–H groups in total. The van der Waals surface area contributed by atoms with E-state index in [-0.39, 0.29) is 0 Å². The van der Waals surface area contributed by atoms with Crippen molar-refractivity contribution in [2.75, 3.05) is 5.32 Å². The molecule has 2 aromatic rings. The Kier molecular flexibility index (Phi) is 3.17. The van der Waals surface area contributed by atoms with Gasteiger partial charge in [-0.05, 0) is 37.7 Å². The second kappa shape index (κ2) is 4.83. The van der Waals surface area contributed by atoms with Crippen molar-refractivity contribution >= 4 is 11.3 Å². The zero-order valence-electron chi connectivity index (χ0n) is 11.9. The Morgan fingerprint density at radius 2 is 2.26 bits per heavy atom. The third-order valence-corrected chi connectivity index (χ3v) is 4.59. The average Bonchev–Trinajstić information content (AvgIpc) is 2.93. The van der Waals surface area contributed by atoms with Gasteiger partial charge in [0.1, 0.15) is 5.52 Å². The molecule has 0 radical (unpaired) electrons. The van der Waals surface area contributed by atoms with Gasteiger partial charge in [0.05, 0.1) is 5.69 Å². The van der Waals surface area contributed by atoms with E-state index in [0.29, 0.717) is 6.04 Å². The number of aryl methyl sites for hydroxylation is 1. The molecule has 0 aromatic carbocycles. The quantitative estimate of drug-likeness (QED) is 0.918. The van der Waals surface area contributed by atoms with Gasteiger partial charge in [0.15, 0.2) is 5.82 Å². The van der Waals surface area contributed by atoms with Gasteiger partial charge in [-0.15, -0.1) is 0 Å². The second-order valence-corrected chi connectivity index (χ2v) is 5.75. The summed E-state index contributed by atoms with van der Waals surface area (Å²) in [7, 11) is 0. The number of rotatable bonds is 3. The van der Waals surface area contributed by atoms with Crippen LogP contribution in [0.3, 0.4) is 0 Å². The summed E-state index contributed by atoms with van der Waals surface area (Å²) >= 11 is 0. The summed E-state index contributed by atoms with van der Waals surface area (Å²) < 4.78 is 1.90. The molecule has 102 valence electrons.